The van der Waals surface area contributed by atoms with Crippen molar-refractivity contribution in [2.24, 2.45) is 0 Å². The first-order valence-electron chi connectivity index (χ1n) is 7.50. The molecule has 24 heavy (non-hydrogen) atoms. The second kappa shape index (κ2) is 6.37. The summed E-state index contributed by atoms with van der Waals surface area (Å²) in [6.07, 6.45) is 3.54. The molecule has 1 aromatic carbocycles. The van der Waals surface area contributed by atoms with Crippen LogP contribution >= 0.6 is 15.9 Å². The summed E-state index contributed by atoms with van der Waals surface area (Å²) >= 11 is 3.43. The van der Waals surface area contributed by atoms with Crippen molar-refractivity contribution in [2.75, 3.05) is 0 Å². The van der Waals surface area contributed by atoms with Crippen molar-refractivity contribution in [3.63, 3.8) is 0 Å². The summed E-state index contributed by atoms with van der Waals surface area (Å²) < 4.78 is 0.774. The number of nitrogens with one attached hydrogen (secondary N) is 1. The predicted molar refractivity (Wildman–Crippen MR) is 98.2 cm³/mol. The van der Waals surface area contributed by atoms with E-state index in [1.807, 2.05) is 60.7 Å². The van der Waals surface area contributed by atoms with Gasteiger partial charge in [-0.2, -0.15) is 0 Å². The molecular weight excluding hydrogens is 364 g/mol. The maximum absolute atomic E-state index is 4.82. The average Bonchev–Trinajstić information content (AvgIpc) is 3.09. The van der Waals surface area contributed by atoms with Crippen molar-refractivity contribution in [3.8, 4) is 34.0 Å². The summed E-state index contributed by atoms with van der Waals surface area (Å²) in [5.41, 5.74) is 4.63. The molecule has 116 valence electrons. The molecule has 0 radical (unpaired) electrons. The molecule has 1 N–H and O–H groups in total. The van der Waals surface area contributed by atoms with Gasteiger partial charge in [-0.05, 0) is 40.2 Å². The molecule has 0 fully saturated rings. The fourth-order valence-corrected chi connectivity index (χ4v) is 2.93. The molecule has 4 nitrogen and oxygen atoms in total. The van der Waals surface area contributed by atoms with Gasteiger partial charge in [-0.1, -0.05) is 36.4 Å². The SMILES string of the molecule is Brc1cc(-c2nc(-c3ccccc3)[nH]c2-c2ccccn2)ccn1. The Labute approximate surface area is 147 Å². The molecule has 4 rings (SSSR count). The predicted octanol–water partition coefficient (Wildman–Crippen LogP) is 4.96. The number of pyridine rings is 2. The molecule has 0 aliphatic carbocycles. The number of benzene rings is 1. The van der Waals surface area contributed by atoms with E-state index in [9.17, 15) is 0 Å². The molecule has 0 aliphatic heterocycles. The van der Waals surface area contributed by atoms with Crippen molar-refractivity contribution < 1.29 is 0 Å². The Hall–Kier alpha value is -2.79. The lowest BCUT2D eigenvalue weighted by Crippen LogP contribution is -1.87. The van der Waals surface area contributed by atoms with Crippen LogP contribution in [0.2, 0.25) is 0 Å². The van der Waals surface area contributed by atoms with Crippen LogP contribution < -0.4 is 0 Å². The van der Waals surface area contributed by atoms with Crippen LogP contribution in [-0.4, -0.2) is 19.9 Å². The van der Waals surface area contributed by atoms with E-state index in [2.05, 4.69) is 30.9 Å². The molecule has 0 bridgehead atoms. The van der Waals surface area contributed by atoms with Crippen LogP contribution in [0.3, 0.4) is 0 Å². The number of hydrogen-bond acceptors (Lipinski definition) is 3. The third kappa shape index (κ3) is 2.86. The standard InChI is InChI=1S/C19H13BrN4/c20-16-12-14(9-11-22-16)17-18(15-8-4-5-10-21-15)24-19(23-17)13-6-2-1-3-7-13/h1-12H,(H,23,24). The molecule has 3 heterocycles. The minimum absolute atomic E-state index is 0.774. The zero-order chi connectivity index (χ0) is 16.4. The number of imidazole rings is 1. The Morgan fingerprint density at radius 1 is 0.792 bits per heavy atom. The first-order chi connectivity index (χ1) is 11.8. The molecule has 0 spiro atoms. The smallest absolute Gasteiger partial charge is 0.138 e. The largest absolute Gasteiger partial charge is 0.336 e. The van der Waals surface area contributed by atoms with Gasteiger partial charge in [-0.15, -0.1) is 0 Å². The maximum Gasteiger partial charge on any atom is 0.138 e. The fraction of sp³-hybridized carbons (Fsp3) is 0. The normalized spacial score (nSPS) is 10.7. The Morgan fingerprint density at radius 3 is 2.38 bits per heavy atom. The molecule has 0 amide bonds. The highest BCUT2D eigenvalue weighted by atomic mass is 79.9. The van der Waals surface area contributed by atoms with Crippen LogP contribution in [0.5, 0.6) is 0 Å². The lowest BCUT2D eigenvalue weighted by Gasteiger charge is -2.02. The number of aromatic nitrogens is 4. The van der Waals surface area contributed by atoms with E-state index in [4.69, 9.17) is 4.98 Å². The molecule has 0 aliphatic rings. The third-order valence-corrected chi connectivity index (χ3v) is 4.11. The molecule has 5 heteroatoms. The van der Waals surface area contributed by atoms with E-state index in [0.717, 1.165) is 38.6 Å². The van der Waals surface area contributed by atoms with Gasteiger partial charge in [0, 0.05) is 23.5 Å². The Balaban J connectivity index is 1.92. The molecule has 3 aromatic heterocycles. The first kappa shape index (κ1) is 14.8. The van der Waals surface area contributed by atoms with Crippen molar-refractivity contribution in [1.29, 1.82) is 0 Å². The summed E-state index contributed by atoms with van der Waals surface area (Å²) in [4.78, 5) is 16.9. The van der Waals surface area contributed by atoms with Gasteiger partial charge in [0.1, 0.15) is 10.4 Å². The van der Waals surface area contributed by atoms with E-state index in [1.54, 1.807) is 12.4 Å². The second-order valence-electron chi connectivity index (χ2n) is 5.26. The molecular formula is C19H13BrN4. The zero-order valence-electron chi connectivity index (χ0n) is 12.6. The van der Waals surface area contributed by atoms with Gasteiger partial charge in [0.25, 0.3) is 0 Å². The Morgan fingerprint density at radius 2 is 1.62 bits per heavy atom. The second-order valence-corrected chi connectivity index (χ2v) is 6.07. The summed E-state index contributed by atoms with van der Waals surface area (Å²) in [5.74, 6) is 0.819. The lowest BCUT2D eigenvalue weighted by molar-refractivity contribution is 1.26. The minimum Gasteiger partial charge on any atom is -0.336 e. The van der Waals surface area contributed by atoms with Gasteiger partial charge in [-0.25, -0.2) is 9.97 Å². The molecule has 0 saturated heterocycles. The molecule has 0 saturated carbocycles. The Bertz CT molecular complexity index is 965. The highest BCUT2D eigenvalue weighted by Gasteiger charge is 2.16. The van der Waals surface area contributed by atoms with E-state index in [0.29, 0.717) is 0 Å². The van der Waals surface area contributed by atoms with Crippen LogP contribution in [0.1, 0.15) is 0 Å². The number of aromatic amines is 1. The number of hydrogen-bond donors (Lipinski definition) is 1. The molecule has 0 unspecified atom stereocenters. The van der Waals surface area contributed by atoms with Crippen LogP contribution in [0.25, 0.3) is 34.0 Å². The summed E-state index contributed by atoms with van der Waals surface area (Å²) in [6.45, 7) is 0. The summed E-state index contributed by atoms with van der Waals surface area (Å²) in [5, 5.41) is 0. The van der Waals surface area contributed by atoms with E-state index in [-0.39, 0.29) is 0 Å². The zero-order valence-corrected chi connectivity index (χ0v) is 14.2. The van der Waals surface area contributed by atoms with E-state index < -0.39 is 0 Å². The molecule has 4 aromatic rings. The third-order valence-electron chi connectivity index (χ3n) is 3.67. The van der Waals surface area contributed by atoms with Gasteiger partial charge >= 0.3 is 0 Å². The highest BCUT2D eigenvalue weighted by Crippen LogP contribution is 2.32. The van der Waals surface area contributed by atoms with Gasteiger partial charge in [0.2, 0.25) is 0 Å². The highest BCUT2D eigenvalue weighted by molar-refractivity contribution is 9.10. The van der Waals surface area contributed by atoms with Crippen LogP contribution in [0, 0.1) is 0 Å². The monoisotopic (exact) mass is 376 g/mol. The fourth-order valence-electron chi connectivity index (χ4n) is 2.56. The van der Waals surface area contributed by atoms with Crippen molar-refractivity contribution in [1.82, 2.24) is 19.9 Å². The van der Waals surface area contributed by atoms with Crippen LogP contribution in [0.15, 0.2) is 77.7 Å². The average molecular weight is 377 g/mol. The topological polar surface area (TPSA) is 54.5 Å². The van der Waals surface area contributed by atoms with Gasteiger partial charge in [0.15, 0.2) is 0 Å². The number of H-pyrrole nitrogens is 1. The van der Waals surface area contributed by atoms with E-state index in [1.165, 1.54) is 0 Å². The van der Waals surface area contributed by atoms with Gasteiger partial charge in [0.05, 0.1) is 17.1 Å². The first-order valence-corrected chi connectivity index (χ1v) is 8.29. The number of nitrogens with zero attached hydrogens (tertiary/aromatic N) is 3. The summed E-state index contributed by atoms with van der Waals surface area (Å²) in [7, 11) is 0. The lowest BCUT2D eigenvalue weighted by atomic mass is 10.1. The summed E-state index contributed by atoms with van der Waals surface area (Å²) in [6, 6.07) is 19.8. The van der Waals surface area contributed by atoms with Crippen LogP contribution in [-0.2, 0) is 0 Å². The number of rotatable bonds is 3. The van der Waals surface area contributed by atoms with Crippen LogP contribution in [0.4, 0.5) is 0 Å². The van der Waals surface area contributed by atoms with Gasteiger partial charge < -0.3 is 4.98 Å². The molecule has 0 atom stereocenters. The minimum atomic E-state index is 0.774. The van der Waals surface area contributed by atoms with Crippen molar-refractivity contribution in [3.05, 3.63) is 77.7 Å². The quantitative estimate of drug-likeness (QED) is 0.514. The number of halogens is 1. The maximum atomic E-state index is 4.82. The Kier molecular flexibility index (Phi) is 3.92. The van der Waals surface area contributed by atoms with Crippen molar-refractivity contribution >= 4 is 15.9 Å². The van der Waals surface area contributed by atoms with Gasteiger partial charge in [-0.3, -0.25) is 4.98 Å². The van der Waals surface area contributed by atoms with Crippen molar-refractivity contribution in [2.45, 2.75) is 0 Å². The van der Waals surface area contributed by atoms with E-state index >= 15 is 0 Å².